The molecule has 1 amide bonds. The van der Waals surface area contributed by atoms with Crippen molar-refractivity contribution in [3.63, 3.8) is 0 Å². The highest BCUT2D eigenvalue weighted by Crippen LogP contribution is 2.31. The number of halogens is 3. The zero-order valence-electron chi connectivity index (χ0n) is 10.5. The molecule has 0 radical (unpaired) electrons. The molecule has 0 heterocycles. The highest BCUT2D eigenvalue weighted by molar-refractivity contribution is 5.93. The van der Waals surface area contributed by atoms with Crippen LogP contribution < -0.4 is 10.2 Å². The average molecular weight is 297 g/mol. The van der Waals surface area contributed by atoms with Crippen LogP contribution in [0.15, 0.2) is 48.5 Å². The number of alkyl halides is 3. The van der Waals surface area contributed by atoms with Gasteiger partial charge in [-0.15, -0.1) is 0 Å². The van der Waals surface area contributed by atoms with Crippen LogP contribution in [-0.2, 0) is 6.18 Å². The molecule has 110 valence electrons. The fourth-order valence-corrected chi connectivity index (χ4v) is 1.59. The lowest BCUT2D eigenvalue weighted by molar-refractivity contribution is -0.137. The van der Waals surface area contributed by atoms with Gasteiger partial charge in [-0.05, 0) is 48.5 Å². The Kier molecular flexibility index (Phi) is 4.13. The van der Waals surface area contributed by atoms with Gasteiger partial charge in [0.1, 0.15) is 11.5 Å². The molecule has 0 aliphatic carbocycles. The summed E-state index contributed by atoms with van der Waals surface area (Å²) in [7, 11) is 0. The van der Waals surface area contributed by atoms with Crippen LogP contribution in [0.25, 0.3) is 0 Å². The molecule has 0 fully saturated rings. The predicted molar refractivity (Wildman–Crippen MR) is 67.2 cm³/mol. The molecule has 2 rings (SSSR count). The molecule has 0 saturated carbocycles. The van der Waals surface area contributed by atoms with E-state index in [-0.39, 0.29) is 11.3 Å². The molecule has 2 N–H and O–H groups in total. The zero-order chi connectivity index (χ0) is 15.5. The van der Waals surface area contributed by atoms with Gasteiger partial charge in [-0.1, -0.05) is 0 Å². The maximum atomic E-state index is 12.4. The second kappa shape index (κ2) is 5.84. The highest BCUT2D eigenvalue weighted by atomic mass is 19.4. The number of nitrogens with one attached hydrogen (secondary N) is 1. The molecule has 7 heteroatoms. The van der Waals surface area contributed by atoms with E-state index in [0.29, 0.717) is 5.75 Å². The second-order valence-corrected chi connectivity index (χ2v) is 4.09. The maximum absolute atomic E-state index is 12.4. The Morgan fingerprint density at radius 2 is 1.43 bits per heavy atom. The Hall–Kier alpha value is -2.54. The Balaban J connectivity index is 2.10. The molecule has 0 aromatic heterocycles. The van der Waals surface area contributed by atoms with Crippen LogP contribution in [0.3, 0.4) is 0 Å². The van der Waals surface area contributed by atoms with Gasteiger partial charge in [0.15, 0.2) is 0 Å². The molecular weight excluding hydrogens is 287 g/mol. The molecule has 2 aromatic rings. The minimum absolute atomic E-state index is 0.220. The highest BCUT2D eigenvalue weighted by Gasteiger charge is 2.30. The van der Waals surface area contributed by atoms with E-state index < -0.39 is 17.6 Å². The Bertz CT molecular complexity index is 621. The van der Waals surface area contributed by atoms with Crippen molar-refractivity contribution in [3.8, 4) is 11.5 Å². The van der Waals surface area contributed by atoms with Gasteiger partial charge < -0.3 is 4.74 Å². The SMILES string of the molecule is O=C(NO)c1ccc(Oc2ccc(C(F)(F)F)cc2)cc1. The molecular formula is C14H10F3NO3. The lowest BCUT2D eigenvalue weighted by Gasteiger charge is -2.09. The third-order valence-electron chi connectivity index (χ3n) is 2.64. The van der Waals surface area contributed by atoms with Crippen molar-refractivity contribution in [2.24, 2.45) is 0 Å². The van der Waals surface area contributed by atoms with Crippen molar-refractivity contribution in [2.75, 3.05) is 0 Å². The minimum Gasteiger partial charge on any atom is -0.457 e. The van der Waals surface area contributed by atoms with Crippen molar-refractivity contribution in [1.29, 1.82) is 0 Å². The Labute approximate surface area is 117 Å². The molecule has 0 saturated heterocycles. The first-order chi connectivity index (χ1) is 9.90. The number of hydrogen-bond acceptors (Lipinski definition) is 3. The van der Waals surface area contributed by atoms with E-state index in [1.807, 2.05) is 0 Å². The van der Waals surface area contributed by atoms with Crippen molar-refractivity contribution < 1.29 is 27.9 Å². The summed E-state index contributed by atoms with van der Waals surface area (Å²) in [6.07, 6.45) is -4.39. The molecule has 0 bridgehead atoms. The molecule has 0 aliphatic heterocycles. The normalized spacial score (nSPS) is 11.0. The first-order valence-corrected chi connectivity index (χ1v) is 5.80. The van der Waals surface area contributed by atoms with Crippen molar-refractivity contribution in [1.82, 2.24) is 5.48 Å². The number of ether oxygens (including phenoxy) is 1. The Morgan fingerprint density at radius 1 is 0.952 bits per heavy atom. The third kappa shape index (κ3) is 3.73. The molecule has 2 aromatic carbocycles. The first kappa shape index (κ1) is 14.9. The van der Waals surface area contributed by atoms with Crippen LogP contribution >= 0.6 is 0 Å². The second-order valence-electron chi connectivity index (χ2n) is 4.09. The van der Waals surface area contributed by atoms with E-state index in [1.165, 1.54) is 41.9 Å². The molecule has 4 nitrogen and oxygen atoms in total. The topological polar surface area (TPSA) is 58.6 Å². The summed E-state index contributed by atoms with van der Waals surface area (Å²) in [4.78, 5) is 11.1. The summed E-state index contributed by atoms with van der Waals surface area (Å²) in [5.74, 6) is -0.0808. The fourth-order valence-electron chi connectivity index (χ4n) is 1.59. The van der Waals surface area contributed by atoms with Gasteiger partial charge >= 0.3 is 6.18 Å². The first-order valence-electron chi connectivity index (χ1n) is 5.80. The fraction of sp³-hybridized carbons (Fsp3) is 0.0714. The lowest BCUT2D eigenvalue weighted by Crippen LogP contribution is -2.18. The summed E-state index contributed by atoms with van der Waals surface area (Å²) in [5, 5.41) is 8.46. The van der Waals surface area contributed by atoms with E-state index in [9.17, 15) is 18.0 Å². The predicted octanol–water partition coefficient (Wildman–Crippen LogP) is 3.62. The van der Waals surface area contributed by atoms with Gasteiger partial charge in [0.2, 0.25) is 0 Å². The van der Waals surface area contributed by atoms with E-state index in [2.05, 4.69) is 0 Å². The van der Waals surface area contributed by atoms with Gasteiger partial charge in [-0.25, -0.2) is 5.48 Å². The zero-order valence-corrected chi connectivity index (χ0v) is 10.5. The summed E-state index contributed by atoms with van der Waals surface area (Å²) >= 11 is 0. The smallest absolute Gasteiger partial charge is 0.416 e. The van der Waals surface area contributed by atoms with Crippen molar-refractivity contribution in [2.45, 2.75) is 6.18 Å². The van der Waals surface area contributed by atoms with Crippen LogP contribution in [0.1, 0.15) is 15.9 Å². The monoisotopic (exact) mass is 297 g/mol. The summed E-state index contributed by atoms with van der Waals surface area (Å²) in [6.45, 7) is 0. The van der Waals surface area contributed by atoms with Crippen LogP contribution in [0, 0.1) is 0 Å². The number of hydrogen-bond donors (Lipinski definition) is 2. The van der Waals surface area contributed by atoms with E-state index in [0.717, 1.165) is 12.1 Å². The van der Waals surface area contributed by atoms with Crippen LogP contribution in [0.4, 0.5) is 13.2 Å². The van der Waals surface area contributed by atoms with Gasteiger partial charge in [0.25, 0.3) is 5.91 Å². The standard InChI is InChI=1S/C14H10F3NO3/c15-14(16,17)10-3-7-12(8-4-10)21-11-5-1-9(2-6-11)13(19)18-20/h1-8,20H,(H,18,19). The number of carbonyl (C=O) groups is 1. The van der Waals surface area contributed by atoms with E-state index in [1.54, 1.807) is 0 Å². The Morgan fingerprint density at radius 3 is 1.86 bits per heavy atom. The number of hydroxylamine groups is 1. The number of amides is 1. The van der Waals surface area contributed by atoms with Crippen LogP contribution in [0.2, 0.25) is 0 Å². The molecule has 21 heavy (non-hydrogen) atoms. The summed E-state index contributed by atoms with van der Waals surface area (Å²) in [5.41, 5.74) is 0.945. The van der Waals surface area contributed by atoms with Gasteiger partial charge in [0, 0.05) is 5.56 Å². The molecule has 0 aliphatic rings. The van der Waals surface area contributed by atoms with Crippen molar-refractivity contribution in [3.05, 3.63) is 59.7 Å². The largest absolute Gasteiger partial charge is 0.457 e. The maximum Gasteiger partial charge on any atom is 0.416 e. The van der Waals surface area contributed by atoms with Gasteiger partial charge in [-0.3, -0.25) is 10.0 Å². The average Bonchev–Trinajstić information content (AvgIpc) is 2.47. The molecule has 0 spiro atoms. The summed E-state index contributed by atoms with van der Waals surface area (Å²) < 4.78 is 42.6. The van der Waals surface area contributed by atoms with Gasteiger partial charge in [0.05, 0.1) is 5.56 Å². The van der Waals surface area contributed by atoms with Crippen molar-refractivity contribution >= 4 is 5.91 Å². The van der Waals surface area contributed by atoms with E-state index in [4.69, 9.17) is 9.94 Å². The number of benzene rings is 2. The minimum atomic E-state index is -4.39. The van der Waals surface area contributed by atoms with Crippen LogP contribution in [-0.4, -0.2) is 11.1 Å². The van der Waals surface area contributed by atoms with E-state index >= 15 is 0 Å². The third-order valence-corrected chi connectivity index (χ3v) is 2.64. The quantitative estimate of drug-likeness (QED) is 0.672. The lowest BCUT2D eigenvalue weighted by atomic mass is 10.2. The van der Waals surface area contributed by atoms with Gasteiger partial charge in [-0.2, -0.15) is 13.2 Å². The molecule has 0 atom stereocenters. The number of carbonyl (C=O) groups excluding carboxylic acids is 1. The van der Waals surface area contributed by atoms with Crippen LogP contribution in [0.5, 0.6) is 11.5 Å². The molecule has 0 unspecified atom stereocenters. The number of rotatable bonds is 3. The summed E-state index contributed by atoms with van der Waals surface area (Å²) in [6, 6.07) is 9.99.